The van der Waals surface area contributed by atoms with E-state index >= 15 is 0 Å². The number of ether oxygens (including phenoxy) is 1. The SMILES string of the molecule is COC(=O)c1ccnc2c1C=C[NH+]2[O-]. The number of fused-ring (bicyclic) bond motifs is 1. The Labute approximate surface area is 80.2 Å². The molecule has 0 fully saturated rings. The van der Waals surface area contributed by atoms with Gasteiger partial charge in [-0.3, -0.25) is 5.06 Å². The molecule has 1 unspecified atom stereocenters. The van der Waals surface area contributed by atoms with Gasteiger partial charge in [-0.05, 0) is 6.07 Å². The highest BCUT2D eigenvalue weighted by Gasteiger charge is 2.22. The maximum atomic E-state index is 11.3. The highest BCUT2D eigenvalue weighted by Crippen LogP contribution is 2.19. The van der Waals surface area contributed by atoms with Gasteiger partial charge < -0.3 is 9.94 Å². The van der Waals surface area contributed by atoms with Crippen LogP contribution in [0.1, 0.15) is 15.9 Å². The van der Waals surface area contributed by atoms with Crippen molar-refractivity contribution < 1.29 is 14.6 Å². The van der Waals surface area contributed by atoms with Crippen molar-refractivity contribution in [1.29, 1.82) is 0 Å². The summed E-state index contributed by atoms with van der Waals surface area (Å²) in [5, 5.41) is 11.1. The van der Waals surface area contributed by atoms with Crippen LogP contribution in [0.4, 0.5) is 5.82 Å². The second-order valence-electron chi connectivity index (χ2n) is 2.81. The van der Waals surface area contributed by atoms with Crippen LogP contribution in [0.3, 0.4) is 0 Å². The summed E-state index contributed by atoms with van der Waals surface area (Å²) in [6.45, 7) is 0. The van der Waals surface area contributed by atoms with Gasteiger partial charge in [0.1, 0.15) is 6.20 Å². The highest BCUT2D eigenvalue weighted by molar-refractivity contribution is 5.95. The molecule has 0 saturated heterocycles. The van der Waals surface area contributed by atoms with E-state index in [0.717, 1.165) is 0 Å². The molecule has 1 N–H and O–H groups in total. The van der Waals surface area contributed by atoms with E-state index in [9.17, 15) is 10.0 Å². The van der Waals surface area contributed by atoms with Gasteiger partial charge in [0.25, 0.3) is 0 Å². The van der Waals surface area contributed by atoms with Crippen LogP contribution in [0.2, 0.25) is 0 Å². The van der Waals surface area contributed by atoms with Gasteiger partial charge >= 0.3 is 5.97 Å². The van der Waals surface area contributed by atoms with Crippen molar-refractivity contribution in [2.75, 3.05) is 7.11 Å². The Morgan fingerprint density at radius 2 is 2.43 bits per heavy atom. The van der Waals surface area contributed by atoms with Crippen molar-refractivity contribution in [3.63, 3.8) is 0 Å². The minimum Gasteiger partial charge on any atom is -0.623 e. The van der Waals surface area contributed by atoms with Gasteiger partial charge in [0.2, 0.25) is 5.82 Å². The van der Waals surface area contributed by atoms with Gasteiger partial charge in [0.15, 0.2) is 0 Å². The fraction of sp³-hybridized carbons (Fsp3) is 0.111. The van der Waals surface area contributed by atoms with Gasteiger partial charge in [-0.2, -0.15) is 0 Å². The Hall–Kier alpha value is -1.72. The van der Waals surface area contributed by atoms with Crippen LogP contribution in [0.25, 0.3) is 6.08 Å². The third kappa shape index (κ3) is 1.19. The molecule has 5 heteroatoms. The number of nitrogens with zero attached hydrogens (tertiary/aromatic N) is 1. The summed E-state index contributed by atoms with van der Waals surface area (Å²) < 4.78 is 4.58. The molecule has 0 radical (unpaired) electrons. The van der Waals surface area contributed by atoms with Crippen LogP contribution in [0.15, 0.2) is 18.5 Å². The highest BCUT2D eigenvalue weighted by atomic mass is 16.5. The van der Waals surface area contributed by atoms with Gasteiger partial charge in [-0.1, -0.05) is 0 Å². The van der Waals surface area contributed by atoms with Crippen molar-refractivity contribution in [2.45, 2.75) is 0 Å². The Balaban J connectivity index is 2.54. The number of hydrogen-bond donors (Lipinski definition) is 1. The zero-order valence-corrected chi connectivity index (χ0v) is 7.48. The average molecular weight is 192 g/mol. The van der Waals surface area contributed by atoms with Crippen LogP contribution < -0.4 is 5.06 Å². The van der Waals surface area contributed by atoms with Crippen LogP contribution >= 0.6 is 0 Å². The molecule has 0 aliphatic carbocycles. The lowest BCUT2D eigenvalue weighted by Gasteiger charge is -2.12. The third-order valence-electron chi connectivity index (χ3n) is 2.03. The second kappa shape index (κ2) is 3.21. The van der Waals surface area contributed by atoms with Crippen LogP contribution in [-0.2, 0) is 4.74 Å². The molecule has 1 aliphatic rings. The van der Waals surface area contributed by atoms with Crippen LogP contribution in [0, 0.1) is 5.21 Å². The van der Waals surface area contributed by atoms with Crippen molar-refractivity contribution in [3.8, 4) is 0 Å². The van der Waals surface area contributed by atoms with Crippen molar-refractivity contribution in [1.82, 2.24) is 4.98 Å². The molecule has 0 spiro atoms. The van der Waals surface area contributed by atoms with Gasteiger partial charge in [0.05, 0.1) is 18.2 Å². The van der Waals surface area contributed by atoms with Crippen molar-refractivity contribution in [3.05, 3.63) is 34.8 Å². The quantitative estimate of drug-likeness (QED) is 0.497. The molecule has 5 nitrogen and oxygen atoms in total. The first kappa shape index (κ1) is 8.86. The number of methoxy groups -OCH3 is 1. The number of hydrogen-bond acceptors (Lipinski definition) is 4. The summed E-state index contributed by atoms with van der Waals surface area (Å²) in [6, 6.07) is 1.54. The summed E-state index contributed by atoms with van der Waals surface area (Å²) in [7, 11) is 1.30. The predicted molar refractivity (Wildman–Crippen MR) is 48.6 cm³/mol. The smallest absolute Gasteiger partial charge is 0.338 e. The Bertz CT molecular complexity index is 415. The third-order valence-corrected chi connectivity index (χ3v) is 2.03. The number of quaternary nitrogens is 1. The van der Waals surface area contributed by atoms with E-state index in [-0.39, 0.29) is 5.06 Å². The normalized spacial score (nSPS) is 18.0. The molecule has 0 bridgehead atoms. The van der Waals surface area contributed by atoms with Crippen molar-refractivity contribution >= 4 is 17.9 Å². The summed E-state index contributed by atoms with van der Waals surface area (Å²) in [6.07, 6.45) is 4.40. The van der Waals surface area contributed by atoms with E-state index in [0.29, 0.717) is 16.9 Å². The maximum absolute atomic E-state index is 11.3. The largest absolute Gasteiger partial charge is 0.623 e. The molecule has 1 aromatic heterocycles. The zero-order chi connectivity index (χ0) is 10.1. The van der Waals surface area contributed by atoms with Crippen LogP contribution in [-0.4, -0.2) is 18.1 Å². The number of carbonyl (C=O) groups excluding carboxylic acids is 1. The molecule has 14 heavy (non-hydrogen) atoms. The first-order valence-corrected chi connectivity index (χ1v) is 4.04. The lowest BCUT2D eigenvalue weighted by Crippen LogP contribution is -2.96. The molecule has 1 atom stereocenters. The van der Waals surface area contributed by atoms with Crippen molar-refractivity contribution in [2.24, 2.45) is 0 Å². The van der Waals surface area contributed by atoms with E-state index in [1.807, 2.05) is 0 Å². The predicted octanol–water partition coefficient (Wildman–Crippen LogP) is -0.133. The lowest BCUT2D eigenvalue weighted by molar-refractivity contribution is -0.713. The number of pyridine rings is 1. The minimum absolute atomic E-state index is 0.175. The van der Waals surface area contributed by atoms with E-state index in [1.165, 1.54) is 25.6 Å². The number of carbonyl (C=O) groups is 1. The summed E-state index contributed by atoms with van der Waals surface area (Å²) >= 11 is 0. The summed E-state index contributed by atoms with van der Waals surface area (Å²) in [5.74, 6) is -0.143. The van der Waals surface area contributed by atoms with Crippen LogP contribution in [0.5, 0.6) is 0 Å². The van der Waals surface area contributed by atoms with E-state index in [2.05, 4.69) is 9.72 Å². The molecule has 0 amide bonds. The molecule has 0 aromatic carbocycles. The number of esters is 1. The molecule has 0 saturated carbocycles. The standard InChI is InChI=1S/C9H8N2O3/c1-14-9(12)7-2-4-10-8-6(7)3-5-11(8)13/h2-5,11H,1H3. The second-order valence-corrected chi connectivity index (χ2v) is 2.81. The first-order chi connectivity index (χ1) is 6.74. The fourth-order valence-corrected chi connectivity index (χ4v) is 1.36. The number of hydroxylamine groups is 1. The Morgan fingerprint density at radius 1 is 1.64 bits per heavy atom. The van der Waals surface area contributed by atoms with E-state index in [1.54, 1.807) is 6.08 Å². The first-order valence-electron chi connectivity index (χ1n) is 4.04. The molecule has 72 valence electrons. The molecule has 2 heterocycles. The average Bonchev–Trinajstić information content (AvgIpc) is 2.59. The van der Waals surface area contributed by atoms with Gasteiger partial charge in [-0.15, -0.1) is 0 Å². The summed E-state index contributed by atoms with van der Waals surface area (Å²) in [4.78, 5) is 15.2. The minimum atomic E-state index is -0.456. The lowest BCUT2D eigenvalue weighted by atomic mass is 10.1. The Kier molecular flexibility index (Phi) is 2.03. The number of aromatic nitrogens is 1. The Morgan fingerprint density at radius 3 is 3.14 bits per heavy atom. The molecular formula is C9H8N2O3. The number of rotatable bonds is 1. The molecule has 1 aromatic rings. The van der Waals surface area contributed by atoms with Gasteiger partial charge in [-0.25, -0.2) is 9.78 Å². The molecular weight excluding hydrogens is 184 g/mol. The van der Waals surface area contributed by atoms with E-state index < -0.39 is 5.97 Å². The topological polar surface area (TPSA) is 66.7 Å². The summed E-state index contributed by atoms with van der Waals surface area (Å²) in [5.41, 5.74) is 0.920. The maximum Gasteiger partial charge on any atom is 0.338 e. The number of nitrogens with one attached hydrogen (secondary N) is 1. The zero-order valence-electron chi connectivity index (χ0n) is 7.48. The fourth-order valence-electron chi connectivity index (χ4n) is 1.36. The van der Waals surface area contributed by atoms with E-state index in [4.69, 9.17) is 0 Å². The monoisotopic (exact) mass is 192 g/mol. The molecule has 2 rings (SSSR count). The molecule has 1 aliphatic heterocycles. The van der Waals surface area contributed by atoms with Gasteiger partial charge in [0, 0.05) is 12.3 Å².